The first-order chi connectivity index (χ1) is 9.08. The van der Waals surface area contributed by atoms with E-state index < -0.39 is 5.82 Å². The number of phenolic OH excluding ortho intramolecular Hbond substituents is 1. The number of aromatic hydroxyl groups is 1. The zero-order valence-electron chi connectivity index (χ0n) is 9.77. The van der Waals surface area contributed by atoms with Gasteiger partial charge in [-0.15, -0.1) is 11.8 Å². The number of hydrogen-bond donors (Lipinski definition) is 1. The highest BCUT2D eigenvalue weighted by molar-refractivity contribution is 9.10. The predicted molar refractivity (Wildman–Crippen MR) is 77.3 cm³/mol. The molecule has 2 aromatic carbocycles. The third-order valence-corrected chi connectivity index (χ3v) is 4.48. The van der Waals surface area contributed by atoms with Crippen LogP contribution in [0.2, 0.25) is 0 Å². The largest absolute Gasteiger partial charge is 0.507 e. The molecule has 2 aromatic rings. The molecule has 0 aliphatic rings. The fourth-order valence-electron chi connectivity index (χ4n) is 1.51. The van der Waals surface area contributed by atoms with Gasteiger partial charge in [-0.2, -0.15) is 0 Å². The van der Waals surface area contributed by atoms with Crippen LogP contribution >= 0.6 is 27.7 Å². The molecule has 0 atom stereocenters. The quantitative estimate of drug-likeness (QED) is 0.667. The van der Waals surface area contributed by atoms with Gasteiger partial charge in [0, 0.05) is 9.37 Å². The minimum Gasteiger partial charge on any atom is -0.507 e. The summed E-state index contributed by atoms with van der Waals surface area (Å²) in [6.07, 6.45) is 0. The van der Waals surface area contributed by atoms with Gasteiger partial charge in [-0.05, 0) is 46.3 Å². The van der Waals surface area contributed by atoms with Crippen molar-refractivity contribution < 1.29 is 14.3 Å². The minimum atomic E-state index is -0.535. The minimum absolute atomic E-state index is 0.0135. The highest BCUT2D eigenvalue weighted by Crippen LogP contribution is 2.28. The Morgan fingerprint density at radius 2 is 2.00 bits per heavy atom. The first-order valence-electron chi connectivity index (χ1n) is 5.47. The molecule has 0 aliphatic carbocycles. The fourth-order valence-corrected chi connectivity index (χ4v) is 2.97. The van der Waals surface area contributed by atoms with Gasteiger partial charge in [-0.3, -0.25) is 4.79 Å². The van der Waals surface area contributed by atoms with Crippen molar-refractivity contribution in [3.05, 3.63) is 58.3 Å². The number of Topliss-reactive ketones (excluding diaryl/α,β-unsaturated/α-hetero) is 1. The Labute approximate surface area is 122 Å². The topological polar surface area (TPSA) is 37.3 Å². The summed E-state index contributed by atoms with van der Waals surface area (Å²) in [4.78, 5) is 12.9. The summed E-state index contributed by atoms with van der Waals surface area (Å²) in [5, 5.41) is 9.55. The van der Waals surface area contributed by atoms with Crippen molar-refractivity contribution in [2.75, 3.05) is 5.75 Å². The maximum Gasteiger partial charge on any atom is 0.176 e. The van der Waals surface area contributed by atoms with Crippen LogP contribution in [-0.2, 0) is 0 Å². The van der Waals surface area contributed by atoms with Crippen LogP contribution in [-0.4, -0.2) is 16.6 Å². The van der Waals surface area contributed by atoms with E-state index in [1.54, 1.807) is 0 Å². The molecule has 0 radical (unpaired) electrons. The maximum absolute atomic E-state index is 13.1. The first-order valence-corrected chi connectivity index (χ1v) is 7.25. The van der Waals surface area contributed by atoms with Gasteiger partial charge in [0.05, 0.1) is 11.3 Å². The van der Waals surface area contributed by atoms with Crippen LogP contribution in [0, 0.1) is 5.82 Å². The predicted octanol–water partition coefficient (Wildman–Crippen LogP) is 4.27. The van der Waals surface area contributed by atoms with Crippen LogP contribution < -0.4 is 0 Å². The van der Waals surface area contributed by atoms with Crippen molar-refractivity contribution in [3.8, 4) is 5.75 Å². The second-order valence-corrected chi connectivity index (χ2v) is 5.68. The maximum atomic E-state index is 13.1. The number of rotatable bonds is 4. The molecule has 0 fully saturated rings. The molecule has 0 unspecified atom stereocenters. The fraction of sp³-hybridized carbons (Fsp3) is 0.0714. The molecule has 2 rings (SSSR count). The number of phenols is 1. The zero-order valence-corrected chi connectivity index (χ0v) is 12.2. The lowest BCUT2D eigenvalue weighted by Crippen LogP contribution is -2.03. The van der Waals surface area contributed by atoms with Gasteiger partial charge in [0.1, 0.15) is 11.6 Å². The Kier molecular flexibility index (Phi) is 4.61. The number of thioether (sulfide) groups is 1. The number of benzene rings is 2. The SMILES string of the molecule is O=C(CSc1ccccc1Br)c1cc(F)ccc1O. The van der Waals surface area contributed by atoms with E-state index >= 15 is 0 Å². The van der Waals surface area contributed by atoms with Crippen LogP contribution in [0.15, 0.2) is 51.8 Å². The van der Waals surface area contributed by atoms with Gasteiger partial charge in [0.25, 0.3) is 0 Å². The van der Waals surface area contributed by atoms with E-state index in [1.807, 2.05) is 24.3 Å². The van der Waals surface area contributed by atoms with E-state index in [-0.39, 0.29) is 22.8 Å². The lowest BCUT2D eigenvalue weighted by Gasteiger charge is -2.05. The first kappa shape index (κ1) is 14.1. The number of halogens is 2. The van der Waals surface area contributed by atoms with Gasteiger partial charge in [0.2, 0.25) is 0 Å². The van der Waals surface area contributed by atoms with Crippen molar-refractivity contribution in [1.29, 1.82) is 0 Å². The van der Waals surface area contributed by atoms with Crippen molar-refractivity contribution >= 4 is 33.5 Å². The molecule has 0 bridgehead atoms. The van der Waals surface area contributed by atoms with Crippen molar-refractivity contribution in [3.63, 3.8) is 0 Å². The Bertz CT molecular complexity index is 616. The van der Waals surface area contributed by atoms with Crippen molar-refractivity contribution in [2.24, 2.45) is 0 Å². The molecule has 0 aliphatic heterocycles. The molecule has 0 spiro atoms. The average molecular weight is 341 g/mol. The molecule has 1 N–H and O–H groups in total. The van der Waals surface area contributed by atoms with Gasteiger partial charge in [-0.1, -0.05) is 12.1 Å². The van der Waals surface area contributed by atoms with Gasteiger partial charge in [-0.25, -0.2) is 4.39 Å². The number of ketones is 1. The number of carbonyl (C=O) groups is 1. The number of carbonyl (C=O) groups excluding carboxylic acids is 1. The van der Waals surface area contributed by atoms with Crippen molar-refractivity contribution in [1.82, 2.24) is 0 Å². The van der Waals surface area contributed by atoms with E-state index in [1.165, 1.54) is 17.8 Å². The van der Waals surface area contributed by atoms with Crippen LogP contribution in [0.5, 0.6) is 5.75 Å². The van der Waals surface area contributed by atoms with Gasteiger partial charge >= 0.3 is 0 Å². The third-order valence-electron chi connectivity index (χ3n) is 2.45. The molecule has 0 saturated heterocycles. The normalized spacial score (nSPS) is 10.4. The summed E-state index contributed by atoms with van der Waals surface area (Å²) in [6.45, 7) is 0. The summed E-state index contributed by atoms with van der Waals surface area (Å²) < 4.78 is 14.0. The van der Waals surface area contributed by atoms with Crippen LogP contribution in [0.4, 0.5) is 4.39 Å². The summed E-state index contributed by atoms with van der Waals surface area (Å²) in [6, 6.07) is 10.9. The zero-order chi connectivity index (χ0) is 13.8. The molecule has 5 heteroatoms. The monoisotopic (exact) mass is 340 g/mol. The van der Waals surface area contributed by atoms with E-state index in [0.29, 0.717) is 0 Å². The van der Waals surface area contributed by atoms with Crippen molar-refractivity contribution in [2.45, 2.75) is 4.90 Å². The average Bonchev–Trinajstić information content (AvgIpc) is 2.40. The summed E-state index contributed by atoms with van der Waals surface area (Å²) >= 11 is 4.72. The second kappa shape index (κ2) is 6.21. The standard InChI is InChI=1S/C14H10BrFO2S/c15-11-3-1-2-4-14(11)19-8-13(18)10-7-9(16)5-6-12(10)17/h1-7,17H,8H2. The molecular formula is C14H10BrFO2S. The van der Waals surface area contributed by atoms with Crippen LogP contribution in [0.25, 0.3) is 0 Å². The van der Waals surface area contributed by atoms with Gasteiger partial charge < -0.3 is 5.11 Å². The summed E-state index contributed by atoms with van der Waals surface area (Å²) in [7, 11) is 0. The lowest BCUT2D eigenvalue weighted by atomic mass is 10.1. The molecule has 2 nitrogen and oxygen atoms in total. The highest BCUT2D eigenvalue weighted by Gasteiger charge is 2.13. The Balaban J connectivity index is 2.10. The molecular weight excluding hydrogens is 331 g/mol. The van der Waals surface area contributed by atoms with Crippen LogP contribution in [0.1, 0.15) is 10.4 Å². The molecule has 0 saturated carbocycles. The summed E-state index contributed by atoms with van der Waals surface area (Å²) in [5.74, 6) is -0.900. The van der Waals surface area contributed by atoms with Gasteiger partial charge in [0.15, 0.2) is 5.78 Å². The second-order valence-electron chi connectivity index (χ2n) is 3.80. The molecule has 98 valence electrons. The Morgan fingerprint density at radius 1 is 1.26 bits per heavy atom. The molecule has 0 amide bonds. The van der Waals surface area contributed by atoms with E-state index in [4.69, 9.17) is 0 Å². The lowest BCUT2D eigenvalue weighted by molar-refractivity contribution is 0.101. The molecule has 0 aromatic heterocycles. The molecule has 19 heavy (non-hydrogen) atoms. The smallest absolute Gasteiger partial charge is 0.176 e. The van der Waals surface area contributed by atoms with Crippen LogP contribution in [0.3, 0.4) is 0 Å². The highest BCUT2D eigenvalue weighted by atomic mass is 79.9. The van der Waals surface area contributed by atoms with E-state index in [9.17, 15) is 14.3 Å². The summed E-state index contributed by atoms with van der Waals surface area (Å²) in [5.41, 5.74) is 0.0135. The van der Waals surface area contributed by atoms with E-state index in [2.05, 4.69) is 15.9 Å². The van der Waals surface area contributed by atoms with E-state index in [0.717, 1.165) is 21.5 Å². The number of hydrogen-bond acceptors (Lipinski definition) is 3. The Morgan fingerprint density at radius 3 is 2.74 bits per heavy atom. The molecule has 0 heterocycles. The Hall–Kier alpha value is -1.33. The third kappa shape index (κ3) is 3.58.